The fourth-order valence-corrected chi connectivity index (χ4v) is 4.56. The van der Waals surface area contributed by atoms with Gasteiger partial charge in [-0.1, -0.05) is 48.2 Å². The van der Waals surface area contributed by atoms with Crippen LogP contribution in [-0.2, 0) is 6.54 Å². The van der Waals surface area contributed by atoms with E-state index in [-0.39, 0.29) is 6.61 Å². The highest BCUT2D eigenvalue weighted by Crippen LogP contribution is 2.27. The van der Waals surface area contributed by atoms with Gasteiger partial charge in [0.25, 0.3) is 0 Å². The average molecular weight is 412 g/mol. The van der Waals surface area contributed by atoms with Crippen molar-refractivity contribution >= 4 is 33.9 Å². The smallest absolute Gasteiger partial charge is 0.191 e. The number of hydrogen-bond acceptors (Lipinski definition) is 6. The molecule has 0 fully saturated rings. The molecule has 1 unspecified atom stereocenters. The van der Waals surface area contributed by atoms with Crippen LogP contribution in [0, 0.1) is 0 Å². The molecule has 5 nitrogen and oxygen atoms in total. The number of aliphatic hydroxyl groups is 1. The number of aliphatic hydroxyl groups excluding tert-OH is 1. The third kappa shape index (κ3) is 4.22. The quantitative estimate of drug-likeness (QED) is 0.426. The van der Waals surface area contributed by atoms with Crippen LogP contribution in [0.3, 0.4) is 0 Å². The van der Waals surface area contributed by atoms with Crippen molar-refractivity contribution in [1.29, 1.82) is 0 Å². The third-order valence-corrected chi connectivity index (χ3v) is 6.32. The Morgan fingerprint density at radius 1 is 1.11 bits per heavy atom. The first-order chi connectivity index (χ1) is 13.7. The molecule has 4 rings (SSSR count). The summed E-state index contributed by atoms with van der Waals surface area (Å²) >= 11 is 3.15. The Labute approximate surface area is 172 Å². The number of nitrogens with zero attached hydrogens (tertiary/aromatic N) is 3. The molecule has 0 aliphatic heterocycles. The molecule has 2 aromatic carbocycles. The van der Waals surface area contributed by atoms with Crippen LogP contribution in [0.5, 0.6) is 5.75 Å². The lowest BCUT2D eigenvalue weighted by Crippen LogP contribution is -2.20. The summed E-state index contributed by atoms with van der Waals surface area (Å²) in [5, 5.41) is 24.1. The van der Waals surface area contributed by atoms with Gasteiger partial charge in [-0.2, -0.15) is 0 Å². The summed E-state index contributed by atoms with van der Waals surface area (Å²) in [7, 11) is 0. The van der Waals surface area contributed by atoms with Crippen LogP contribution < -0.4 is 4.74 Å². The molecular weight excluding hydrogens is 390 g/mol. The molecule has 4 aromatic rings. The van der Waals surface area contributed by atoms with Crippen LogP contribution in [0.15, 0.2) is 65.1 Å². The maximum Gasteiger partial charge on any atom is 0.191 e. The van der Waals surface area contributed by atoms with Gasteiger partial charge >= 0.3 is 0 Å². The molecule has 0 saturated heterocycles. The molecule has 0 radical (unpaired) electrons. The molecule has 0 saturated carbocycles. The Morgan fingerprint density at radius 3 is 2.75 bits per heavy atom. The number of thiophene rings is 1. The normalized spacial score (nSPS) is 12.4. The molecule has 144 valence electrons. The highest BCUT2D eigenvalue weighted by molar-refractivity contribution is 7.99. The molecule has 0 bridgehead atoms. The molecular formula is C21H21N3O2S2. The van der Waals surface area contributed by atoms with E-state index in [4.69, 9.17) is 4.74 Å². The Hall–Kier alpha value is -2.35. The third-order valence-electron chi connectivity index (χ3n) is 4.34. The number of ether oxygens (including phenoxy) is 1. The summed E-state index contributed by atoms with van der Waals surface area (Å²) in [5.41, 5.74) is 0. The molecule has 0 aliphatic carbocycles. The number of aromatic nitrogens is 3. The van der Waals surface area contributed by atoms with E-state index in [0.717, 1.165) is 33.5 Å². The first kappa shape index (κ1) is 19.0. The number of hydrogen-bond donors (Lipinski definition) is 1. The van der Waals surface area contributed by atoms with E-state index < -0.39 is 6.10 Å². The zero-order valence-electron chi connectivity index (χ0n) is 15.5. The Balaban J connectivity index is 1.35. The number of benzene rings is 2. The van der Waals surface area contributed by atoms with Gasteiger partial charge in [0, 0.05) is 12.3 Å². The second-order valence-electron chi connectivity index (χ2n) is 6.31. The molecule has 0 spiro atoms. The fourth-order valence-electron chi connectivity index (χ4n) is 2.94. The van der Waals surface area contributed by atoms with Gasteiger partial charge in [-0.3, -0.25) is 0 Å². The van der Waals surface area contributed by atoms with Crippen LogP contribution in [0.4, 0.5) is 0 Å². The van der Waals surface area contributed by atoms with E-state index in [9.17, 15) is 5.11 Å². The van der Waals surface area contributed by atoms with Crippen molar-refractivity contribution in [3.05, 3.63) is 60.0 Å². The molecule has 1 N–H and O–H groups in total. The molecule has 0 aliphatic rings. The van der Waals surface area contributed by atoms with Crippen molar-refractivity contribution in [2.75, 3.05) is 12.4 Å². The standard InChI is InChI=1S/C21H21N3O2S2/c1-2-24-20(19-8-5-11-27-19)22-23-21(24)28-14-17(25)13-26-18-10-9-15-6-3-4-7-16(15)12-18/h3-12,17,25H,2,13-14H2,1H3. The minimum Gasteiger partial charge on any atom is -0.491 e. The highest BCUT2D eigenvalue weighted by Gasteiger charge is 2.15. The van der Waals surface area contributed by atoms with E-state index >= 15 is 0 Å². The monoisotopic (exact) mass is 411 g/mol. The second-order valence-corrected chi connectivity index (χ2v) is 8.25. The van der Waals surface area contributed by atoms with E-state index in [1.807, 2.05) is 47.8 Å². The maximum absolute atomic E-state index is 10.3. The molecule has 2 aromatic heterocycles. The summed E-state index contributed by atoms with van der Waals surface area (Å²) < 4.78 is 7.86. The van der Waals surface area contributed by atoms with Crippen LogP contribution in [-0.4, -0.2) is 38.3 Å². The van der Waals surface area contributed by atoms with Gasteiger partial charge < -0.3 is 14.4 Å². The first-order valence-electron chi connectivity index (χ1n) is 9.14. The van der Waals surface area contributed by atoms with Crippen LogP contribution in [0.25, 0.3) is 21.5 Å². The van der Waals surface area contributed by atoms with Gasteiger partial charge in [-0.25, -0.2) is 0 Å². The number of rotatable bonds is 8. The van der Waals surface area contributed by atoms with Crippen LogP contribution >= 0.6 is 23.1 Å². The van der Waals surface area contributed by atoms with Gasteiger partial charge in [0.1, 0.15) is 12.4 Å². The minimum absolute atomic E-state index is 0.239. The van der Waals surface area contributed by atoms with Gasteiger partial charge in [0.05, 0.1) is 11.0 Å². The first-order valence-corrected chi connectivity index (χ1v) is 11.0. The molecule has 1 atom stereocenters. The largest absolute Gasteiger partial charge is 0.491 e. The van der Waals surface area contributed by atoms with E-state index in [2.05, 4.69) is 33.8 Å². The fraction of sp³-hybridized carbons (Fsp3) is 0.238. The van der Waals surface area contributed by atoms with Gasteiger partial charge in [0.15, 0.2) is 11.0 Å². The predicted molar refractivity (Wildman–Crippen MR) is 115 cm³/mol. The van der Waals surface area contributed by atoms with Crippen molar-refractivity contribution in [1.82, 2.24) is 14.8 Å². The SMILES string of the molecule is CCn1c(SCC(O)COc2ccc3ccccc3c2)nnc1-c1cccs1. The number of fused-ring (bicyclic) bond motifs is 1. The molecule has 28 heavy (non-hydrogen) atoms. The highest BCUT2D eigenvalue weighted by atomic mass is 32.2. The van der Waals surface area contributed by atoms with E-state index in [1.54, 1.807) is 11.3 Å². The summed E-state index contributed by atoms with van der Waals surface area (Å²) in [6.07, 6.45) is -0.594. The predicted octanol–water partition coefficient (Wildman–Crippen LogP) is 4.71. The zero-order valence-corrected chi connectivity index (χ0v) is 17.1. The van der Waals surface area contributed by atoms with Gasteiger partial charge in [-0.05, 0) is 41.3 Å². The van der Waals surface area contributed by atoms with Gasteiger partial charge in [-0.15, -0.1) is 21.5 Å². The molecule has 2 heterocycles. The van der Waals surface area contributed by atoms with E-state index in [1.165, 1.54) is 17.1 Å². The summed E-state index contributed by atoms with van der Waals surface area (Å²) in [5.74, 6) is 2.14. The Morgan fingerprint density at radius 2 is 1.96 bits per heavy atom. The maximum atomic E-state index is 10.3. The molecule has 0 amide bonds. The summed E-state index contributed by atoms with van der Waals surface area (Å²) in [4.78, 5) is 1.10. The van der Waals surface area contributed by atoms with Crippen molar-refractivity contribution in [3.8, 4) is 16.5 Å². The van der Waals surface area contributed by atoms with Crippen molar-refractivity contribution in [3.63, 3.8) is 0 Å². The second kappa shape index (κ2) is 8.77. The van der Waals surface area contributed by atoms with Crippen molar-refractivity contribution in [2.24, 2.45) is 0 Å². The molecule has 7 heteroatoms. The lowest BCUT2D eigenvalue weighted by Gasteiger charge is -2.13. The Kier molecular flexibility index (Phi) is 5.95. The average Bonchev–Trinajstić information content (AvgIpc) is 3.39. The van der Waals surface area contributed by atoms with Crippen molar-refractivity contribution in [2.45, 2.75) is 24.7 Å². The minimum atomic E-state index is -0.594. The summed E-state index contributed by atoms with van der Waals surface area (Å²) in [6, 6.07) is 18.2. The topological polar surface area (TPSA) is 60.2 Å². The van der Waals surface area contributed by atoms with E-state index in [0.29, 0.717) is 5.75 Å². The van der Waals surface area contributed by atoms with Crippen LogP contribution in [0.1, 0.15) is 6.92 Å². The van der Waals surface area contributed by atoms with Crippen molar-refractivity contribution < 1.29 is 9.84 Å². The Bertz CT molecular complexity index is 1050. The summed E-state index contributed by atoms with van der Waals surface area (Å²) in [6.45, 7) is 3.10. The zero-order chi connectivity index (χ0) is 19.3. The lowest BCUT2D eigenvalue weighted by molar-refractivity contribution is 0.126. The number of thioether (sulfide) groups is 1. The van der Waals surface area contributed by atoms with Gasteiger partial charge in [0.2, 0.25) is 0 Å². The van der Waals surface area contributed by atoms with Crippen LogP contribution in [0.2, 0.25) is 0 Å². The lowest BCUT2D eigenvalue weighted by atomic mass is 10.1.